The fraction of sp³-hybridized carbons (Fsp3) is 0.316. The third kappa shape index (κ3) is 4.30. The van der Waals surface area contributed by atoms with E-state index in [2.05, 4.69) is 0 Å². The van der Waals surface area contributed by atoms with Crippen LogP contribution in [0.25, 0.3) is 0 Å². The molecule has 1 aliphatic heterocycles. The molecule has 3 nitrogen and oxygen atoms in total. The maximum atomic E-state index is 13.0. The van der Waals surface area contributed by atoms with Gasteiger partial charge in [-0.3, -0.25) is 4.79 Å². The summed E-state index contributed by atoms with van der Waals surface area (Å²) >= 11 is 5.67. The van der Waals surface area contributed by atoms with Gasteiger partial charge in [0.2, 0.25) is 5.91 Å². The first kappa shape index (κ1) is 18.6. The number of alkyl halides is 3. The summed E-state index contributed by atoms with van der Waals surface area (Å²) in [5, 5.41) is -0.307. The molecule has 0 unspecified atom stereocenters. The quantitative estimate of drug-likeness (QED) is 0.792. The Kier molecular flexibility index (Phi) is 5.41. The molecule has 26 heavy (non-hydrogen) atoms. The van der Waals surface area contributed by atoms with E-state index < -0.39 is 11.7 Å². The highest BCUT2D eigenvalue weighted by molar-refractivity contribution is 6.31. The van der Waals surface area contributed by atoms with Crippen LogP contribution in [0.4, 0.5) is 18.9 Å². The van der Waals surface area contributed by atoms with Crippen molar-refractivity contribution in [3.8, 4) is 0 Å². The molecule has 1 aliphatic rings. The second-order valence-electron chi connectivity index (χ2n) is 6.19. The highest BCUT2D eigenvalue weighted by Gasteiger charge is 2.34. The van der Waals surface area contributed by atoms with Crippen LogP contribution >= 0.6 is 11.6 Å². The van der Waals surface area contributed by atoms with Crippen molar-refractivity contribution in [2.45, 2.75) is 12.6 Å². The smallest absolute Gasteiger partial charge is 0.368 e. The fourth-order valence-electron chi connectivity index (χ4n) is 3.02. The Labute approximate surface area is 155 Å². The van der Waals surface area contributed by atoms with Crippen LogP contribution in [-0.4, -0.2) is 37.0 Å². The number of anilines is 1. The van der Waals surface area contributed by atoms with Crippen LogP contribution in [-0.2, 0) is 17.4 Å². The summed E-state index contributed by atoms with van der Waals surface area (Å²) < 4.78 is 39.0. The van der Waals surface area contributed by atoms with Gasteiger partial charge >= 0.3 is 6.18 Å². The molecule has 1 heterocycles. The van der Waals surface area contributed by atoms with Gasteiger partial charge in [0, 0.05) is 31.9 Å². The molecule has 0 radical (unpaired) electrons. The lowest BCUT2D eigenvalue weighted by molar-refractivity contribution is -0.137. The Bertz CT molecular complexity index is 772. The van der Waals surface area contributed by atoms with E-state index in [1.165, 1.54) is 6.07 Å². The summed E-state index contributed by atoms with van der Waals surface area (Å²) in [4.78, 5) is 16.0. The average Bonchev–Trinajstić information content (AvgIpc) is 2.62. The van der Waals surface area contributed by atoms with Crippen molar-refractivity contribution < 1.29 is 18.0 Å². The van der Waals surface area contributed by atoms with Gasteiger partial charge in [0.15, 0.2) is 0 Å². The Morgan fingerprint density at radius 3 is 2.27 bits per heavy atom. The van der Waals surface area contributed by atoms with E-state index in [4.69, 9.17) is 11.6 Å². The van der Waals surface area contributed by atoms with Crippen LogP contribution in [0, 0.1) is 0 Å². The van der Waals surface area contributed by atoms with Gasteiger partial charge in [-0.15, -0.1) is 0 Å². The molecule has 0 atom stereocenters. The van der Waals surface area contributed by atoms with Gasteiger partial charge in [-0.2, -0.15) is 13.2 Å². The van der Waals surface area contributed by atoms with Crippen molar-refractivity contribution in [2.75, 3.05) is 31.1 Å². The van der Waals surface area contributed by atoms with Crippen molar-refractivity contribution in [3.05, 3.63) is 64.7 Å². The number of hydrogen-bond donors (Lipinski definition) is 0. The molecule has 138 valence electrons. The summed E-state index contributed by atoms with van der Waals surface area (Å²) in [5.41, 5.74) is 0.587. The SMILES string of the molecule is O=C(Cc1ccccc1)N1CCN(c2ccc(Cl)c(C(F)(F)F)c2)CC1. The molecule has 7 heteroatoms. The lowest BCUT2D eigenvalue weighted by Gasteiger charge is -2.36. The first-order chi connectivity index (χ1) is 12.3. The number of halogens is 4. The zero-order valence-corrected chi connectivity index (χ0v) is 14.7. The molecule has 1 saturated heterocycles. The van der Waals surface area contributed by atoms with Gasteiger partial charge in [-0.1, -0.05) is 41.9 Å². The summed E-state index contributed by atoms with van der Waals surface area (Å²) in [6.07, 6.45) is -4.15. The highest BCUT2D eigenvalue weighted by Crippen LogP contribution is 2.37. The molecule has 0 bridgehead atoms. The number of benzene rings is 2. The second kappa shape index (κ2) is 7.58. The first-order valence-electron chi connectivity index (χ1n) is 8.28. The Balaban J connectivity index is 1.63. The molecule has 0 spiro atoms. The number of nitrogens with zero attached hydrogens (tertiary/aromatic N) is 2. The van der Waals surface area contributed by atoms with Crippen molar-refractivity contribution >= 4 is 23.2 Å². The Hall–Kier alpha value is -2.21. The minimum Gasteiger partial charge on any atom is -0.368 e. The number of amides is 1. The molecule has 0 N–H and O–H groups in total. The number of carbonyl (C=O) groups excluding carboxylic acids is 1. The van der Waals surface area contributed by atoms with Crippen LogP contribution in [0.5, 0.6) is 0 Å². The molecular weight excluding hydrogens is 365 g/mol. The van der Waals surface area contributed by atoms with Gasteiger partial charge in [0.25, 0.3) is 0 Å². The minimum atomic E-state index is -4.49. The van der Waals surface area contributed by atoms with Crippen molar-refractivity contribution in [2.24, 2.45) is 0 Å². The van der Waals surface area contributed by atoms with E-state index >= 15 is 0 Å². The zero-order chi connectivity index (χ0) is 18.7. The molecular formula is C19H18ClF3N2O. The van der Waals surface area contributed by atoms with Gasteiger partial charge in [-0.25, -0.2) is 0 Å². The molecule has 2 aromatic rings. The largest absolute Gasteiger partial charge is 0.417 e. The second-order valence-corrected chi connectivity index (χ2v) is 6.60. The van der Waals surface area contributed by atoms with Crippen molar-refractivity contribution in [1.29, 1.82) is 0 Å². The van der Waals surface area contributed by atoms with E-state index in [9.17, 15) is 18.0 Å². The Morgan fingerprint density at radius 2 is 1.65 bits per heavy atom. The lowest BCUT2D eigenvalue weighted by atomic mass is 10.1. The Morgan fingerprint density at radius 1 is 1.00 bits per heavy atom. The van der Waals surface area contributed by atoms with Crippen LogP contribution in [0.2, 0.25) is 5.02 Å². The molecule has 0 aromatic heterocycles. The van der Waals surface area contributed by atoms with Crippen molar-refractivity contribution in [3.63, 3.8) is 0 Å². The fourth-order valence-corrected chi connectivity index (χ4v) is 3.25. The van der Waals surface area contributed by atoms with Gasteiger partial charge < -0.3 is 9.80 Å². The van der Waals surface area contributed by atoms with Crippen LogP contribution in [0.3, 0.4) is 0 Å². The highest BCUT2D eigenvalue weighted by atomic mass is 35.5. The van der Waals surface area contributed by atoms with Crippen LogP contribution in [0.15, 0.2) is 48.5 Å². The number of carbonyl (C=O) groups is 1. The van der Waals surface area contributed by atoms with Gasteiger partial charge in [0.1, 0.15) is 0 Å². The summed E-state index contributed by atoms with van der Waals surface area (Å²) in [7, 11) is 0. The van der Waals surface area contributed by atoms with Crippen LogP contribution in [0.1, 0.15) is 11.1 Å². The third-order valence-electron chi connectivity index (χ3n) is 4.45. The molecule has 0 aliphatic carbocycles. The van der Waals surface area contributed by atoms with Gasteiger partial charge in [-0.05, 0) is 23.8 Å². The predicted molar refractivity (Wildman–Crippen MR) is 95.4 cm³/mol. The summed E-state index contributed by atoms with van der Waals surface area (Å²) in [5.74, 6) is 0.0305. The molecule has 0 saturated carbocycles. The predicted octanol–water partition coefficient (Wildman–Crippen LogP) is 4.25. The topological polar surface area (TPSA) is 23.6 Å². The van der Waals surface area contributed by atoms with Crippen molar-refractivity contribution in [1.82, 2.24) is 4.90 Å². The monoisotopic (exact) mass is 382 g/mol. The van der Waals surface area contributed by atoms with E-state index in [0.29, 0.717) is 38.3 Å². The minimum absolute atomic E-state index is 0.0305. The standard InChI is InChI=1S/C19H18ClF3N2O/c20-17-7-6-15(13-16(17)19(21,22)23)24-8-10-25(11-9-24)18(26)12-14-4-2-1-3-5-14/h1-7,13H,8-12H2. The van der Waals surface area contributed by atoms with E-state index in [1.807, 2.05) is 35.2 Å². The maximum Gasteiger partial charge on any atom is 0.417 e. The molecule has 3 rings (SSSR count). The molecule has 1 amide bonds. The number of rotatable bonds is 3. The summed E-state index contributed by atoms with van der Waals surface area (Å²) in [6, 6.07) is 13.4. The molecule has 2 aromatic carbocycles. The normalized spacial score (nSPS) is 15.2. The third-order valence-corrected chi connectivity index (χ3v) is 4.78. The first-order valence-corrected chi connectivity index (χ1v) is 8.66. The summed E-state index contributed by atoms with van der Waals surface area (Å²) in [6.45, 7) is 1.93. The van der Waals surface area contributed by atoms with E-state index in [-0.39, 0.29) is 10.9 Å². The van der Waals surface area contributed by atoms with E-state index in [0.717, 1.165) is 11.6 Å². The maximum absolute atomic E-state index is 13.0. The lowest BCUT2D eigenvalue weighted by Crippen LogP contribution is -2.49. The van der Waals surface area contributed by atoms with Gasteiger partial charge in [0.05, 0.1) is 17.0 Å². The average molecular weight is 383 g/mol. The molecule has 1 fully saturated rings. The van der Waals surface area contributed by atoms with E-state index in [1.54, 1.807) is 11.0 Å². The zero-order valence-electron chi connectivity index (χ0n) is 14.0. The number of hydrogen-bond acceptors (Lipinski definition) is 2. The number of piperazine rings is 1. The van der Waals surface area contributed by atoms with Crippen LogP contribution < -0.4 is 4.90 Å².